The average Bonchev–Trinajstić information content (AvgIpc) is 2.92. The lowest BCUT2D eigenvalue weighted by Gasteiger charge is -2.25. The molecule has 2 aromatic rings. The minimum Gasteiger partial charge on any atom is -0.334 e. The fourth-order valence-corrected chi connectivity index (χ4v) is 2.32. The van der Waals surface area contributed by atoms with E-state index in [2.05, 4.69) is 20.4 Å². The van der Waals surface area contributed by atoms with Crippen molar-refractivity contribution in [3.05, 3.63) is 35.2 Å². The maximum Gasteiger partial charge on any atom is 0.260 e. The summed E-state index contributed by atoms with van der Waals surface area (Å²) in [6, 6.07) is 2.22. The van der Waals surface area contributed by atoms with E-state index in [4.69, 9.17) is 4.52 Å². The number of halogens is 2. The lowest BCUT2D eigenvalue weighted by molar-refractivity contribution is 0.225. The molecule has 1 N–H and O–H groups in total. The van der Waals surface area contributed by atoms with Gasteiger partial charge in [-0.05, 0) is 18.6 Å². The SMILES string of the molecule is Cc1cc(-c2nc(CN3CCNCC3)no2)c(F)cc1F. The summed E-state index contributed by atoms with van der Waals surface area (Å²) in [5, 5.41) is 7.13. The Labute approximate surface area is 120 Å². The molecule has 0 radical (unpaired) electrons. The van der Waals surface area contributed by atoms with Crippen LogP contribution < -0.4 is 5.32 Å². The fraction of sp³-hybridized carbons (Fsp3) is 0.429. The summed E-state index contributed by atoms with van der Waals surface area (Å²) >= 11 is 0. The molecule has 112 valence electrons. The van der Waals surface area contributed by atoms with E-state index in [9.17, 15) is 8.78 Å². The van der Waals surface area contributed by atoms with Gasteiger partial charge >= 0.3 is 0 Å². The molecular formula is C14H16F2N4O. The molecule has 1 fully saturated rings. The topological polar surface area (TPSA) is 54.2 Å². The van der Waals surface area contributed by atoms with Gasteiger partial charge in [0.2, 0.25) is 0 Å². The van der Waals surface area contributed by atoms with Crippen molar-refractivity contribution in [3.63, 3.8) is 0 Å². The Morgan fingerprint density at radius 3 is 2.76 bits per heavy atom. The summed E-state index contributed by atoms with van der Waals surface area (Å²) in [5.74, 6) is -0.693. The van der Waals surface area contributed by atoms with Gasteiger partial charge in [-0.3, -0.25) is 4.90 Å². The van der Waals surface area contributed by atoms with Crippen molar-refractivity contribution in [1.82, 2.24) is 20.4 Å². The van der Waals surface area contributed by atoms with Crippen molar-refractivity contribution in [3.8, 4) is 11.5 Å². The number of aryl methyl sites for hydroxylation is 1. The van der Waals surface area contributed by atoms with Crippen LogP contribution in [0.5, 0.6) is 0 Å². The maximum atomic E-state index is 13.8. The second-order valence-electron chi connectivity index (χ2n) is 5.12. The van der Waals surface area contributed by atoms with E-state index in [0.717, 1.165) is 32.2 Å². The summed E-state index contributed by atoms with van der Waals surface area (Å²) in [7, 11) is 0. The minimum atomic E-state index is -0.699. The largest absolute Gasteiger partial charge is 0.334 e. The zero-order valence-electron chi connectivity index (χ0n) is 11.7. The van der Waals surface area contributed by atoms with Crippen molar-refractivity contribution in [2.24, 2.45) is 0 Å². The Morgan fingerprint density at radius 2 is 2.00 bits per heavy atom. The Balaban J connectivity index is 1.79. The van der Waals surface area contributed by atoms with Gasteiger partial charge in [0.15, 0.2) is 5.82 Å². The molecule has 1 saturated heterocycles. The highest BCUT2D eigenvalue weighted by Gasteiger charge is 2.18. The van der Waals surface area contributed by atoms with Gasteiger partial charge < -0.3 is 9.84 Å². The van der Waals surface area contributed by atoms with Gasteiger partial charge in [0.05, 0.1) is 12.1 Å². The molecule has 0 bridgehead atoms. The van der Waals surface area contributed by atoms with Crippen LogP contribution in [0.4, 0.5) is 8.78 Å². The number of nitrogens with zero attached hydrogens (tertiary/aromatic N) is 3. The highest BCUT2D eigenvalue weighted by atomic mass is 19.1. The Morgan fingerprint density at radius 1 is 1.24 bits per heavy atom. The monoisotopic (exact) mass is 294 g/mol. The standard InChI is InChI=1S/C14H16F2N4O/c1-9-6-10(12(16)7-11(9)15)14-18-13(19-21-14)8-20-4-2-17-3-5-20/h6-7,17H,2-5,8H2,1H3. The third-order valence-electron chi connectivity index (χ3n) is 3.52. The number of rotatable bonds is 3. The first kappa shape index (κ1) is 14.1. The molecule has 0 amide bonds. The molecule has 5 nitrogen and oxygen atoms in total. The van der Waals surface area contributed by atoms with Gasteiger partial charge in [0.25, 0.3) is 5.89 Å². The van der Waals surface area contributed by atoms with Crippen LogP contribution in [0.3, 0.4) is 0 Å². The molecule has 2 heterocycles. The first-order valence-corrected chi connectivity index (χ1v) is 6.85. The number of hydrogen-bond donors (Lipinski definition) is 1. The zero-order valence-corrected chi connectivity index (χ0v) is 11.7. The van der Waals surface area contributed by atoms with Crippen molar-refractivity contribution in [1.29, 1.82) is 0 Å². The van der Waals surface area contributed by atoms with Crippen molar-refractivity contribution >= 4 is 0 Å². The number of benzene rings is 1. The van der Waals surface area contributed by atoms with Crippen LogP contribution in [0.15, 0.2) is 16.7 Å². The van der Waals surface area contributed by atoms with E-state index in [-0.39, 0.29) is 11.5 Å². The van der Waals surface area contributed by atoms with Gasteiger partial charge in [-0.25, -0.2) is 8.78 Å². The fourth-order valence-electron chi connectivity index (χ4n) is 2.32. The molecular weight excluding hydrogens is 278 g/mol. The summed E-state index contributed by atoms with van der Waals surface area (Å²) < 4.78 is 32.2. The average molecular weight is 294 g/mol. The molecule has 0 unspecified atom stereocenters. The minimum absolute atomic E-state index is 0.0840. The van der Waals surface area contributed by atoms with Gasteiger partial charge in [-0.15, -0.1) is 0 Å². The molecule has 1 aliphatic rings. The Bertz CT molecular complexity index is 638. The van der Waals surface area contributed by atoms with E-state index in [1.807, 2.05) is 0 Å². The molecule has 1 aromatic heterocycles. The molecule has 7 heteroatoms. The maximum absolute atomic E-state index is 13.8. The Kier molecular flexibility index (Phi) is 3.94. The molecule has 0 spiro atoms. The molecule has 0 saturated carbocycles. The van der Waals surface area contributed by atoms with Crippen LogP contribution in [0.1, 0.15) is 11.4 Å². The smallest absolute Gasteiger partial charge is 0.260 e. The van der Waals surface area contributed by atoms with Crippen molar-refractivity contribution in [2.75, 3.05) is 26.2 Å². The normalized spacial score (nSPS) is 16.3. The van der Waals surface area contributed by atoms with Gasteiger partial charge in [-0.1, -0.05) is 5.16 Å². The van der Waals surface area contributed by atoms with Crippen molar-refractivity contribution in [2.45, 2.75) is 13.5 Å². The zero-order chi connectivity index (χ0) is 14.8. The van der Waals surface area contributed by atoms with Crippen LogP contribution in [0.2, 0.25) is 0 Å². The van der Waals surface area contributed by atoms with Crippen molar-refractivity contribution < 1.29 is 13.3 Å². The first-order chi connectivity index (χ1) is 10.1. The van der Waals surface area contributed by atoms with E-state index in [1.54, 1.807) is 6.92 Å². The molecule has 1 aromatic carbocycles. The third kappa shape index (κ3) is 3.08. The van der Waals surface area contributed by atoms with Crippen LogP contribution >= 0.6 is 0 Å². The van der Waals surface area contributed by atoms with E-state index >= 15 is 0 Å². The highest BCUT2D eigenvalue weighted by Crippen LogP contribution is 2.24. The molecule has 21 heavy (non-hydrogen) atoms. The number of piperazine rings is 1. The lowest BCUT2D eigenvalue weighted by atomic mass is 10.1. The van der Waals surface area contributed by atoms with Gasteiger partial charge in [0, 0.05) is 32.2 Å². The summed E-state index contributed by atoms with van der Waals surface area (Å²) in [6.45, 7) is 5.80. The van der Waals surface area contributed by atoms with Crippen LogP contribution in [-0.4, -0.2) is 41.2 Å². The molecule has 1 aliphatic heterocycles. The number of nitrogens with one attached hydrogen (secondary N) is 1. The van der Waals surface area contributed by atoms with Crippen LogP contribution in [0, 0.1) is 18.6 Å². The summed E-state index contributed by atoms with van der Waals surface area (Å²) in [6.07, 6.45) is 0. The van der Waals surface area contributed by atoms with E-state index < -0.39 is 11.6 Å². The summed E-state index contributed by atoms with van der Waals surface area (Å²) in [5.41, 5.74) is 0.473. The van der Waals surface area contributed by atoms with Gasteiger partial charge in [-0.2, -0.15) is 4.98 Å². The second-order valence-corrected chi connectivity index (χ2v) is 5.12. The Hall–Kier alpha value is -1.86. The number of hydrogen-bond acceptors (Lipinski definition) is 5. The first-order valence-electron chi connectivity index (χ1n) is 6.85. The van der Waals surface area contributed by atoms with Crippen LogP contribution in [0.25, 0.3) is 11.5 Å². The third-order valence-corrected chi connectivity index (χ3v) is 3.52. The predicted molar refractivity (Wildman–Crippen MR) is 72.5 cm³/mol. The molecule has 0 aliphatic carbocycles. The lowest BCUT2D eigenvalue weighted by Crippen LogP contribution is -2.43. The quantitative estimate of drug-likeness (QED) is 0.934. The second kappa shape index (κ2) is 5.87. The van der Waals surface area contributed by atoms with E-state index in [1.165, 1.54) is 6.07 Å². The highest BCUT2D eigenvalue weighted by molar-refractivity contribution is 5.55. The molecule has 3 rings (SSSR count). The predicted octanol–water partition coefficient (Wildman–Crippen LogP) is 1.73. The summed E-state index contributed by atoms with van der Waals surface area (Å²) in [4.78, 5) is 6.40. The van der Waals surface area contributed by atoms with Crippen LogP contribution in [-0.2, 0) is 6.54 Å². The number of aromatic nitrogens is 2. The van der Waals surface area contributed by atoms with E-state index in [0.29, 0.717) is 17.9 Å². The van der Waals surface area contributed by atoms with Gasteiger partial charge in [0.1, 0.15) is 11.6 Å². The molecule has 0 atom stereocenters.